The van der Waals surface area contributed by atoms with Gasteiger partial charge < -0.3 is 4.90 Å². The van der Waals surface area contributed by atoms with E-state index in [0.29, 0.717) is 10.0 Å². The molecule has 3 nitrogen and oxygen atoms in total. The second-order valence-electron chi connectivity index (χ2n) is 4.80. The zero-order valence-corrected chi connectivity index (χ0v) is 13.3. The molecule has 2 aromatic rings. The van der Waals surface area contributed by atoms with Crippen molar-refractivity contribution in [1.82, 2.24) is 9.88 Å². The Kier molecular flexibility index (Phi) is 4.46. The number of nitrogens with zero attached hydrogens (tertiary/aromatic N) is 3. The smallest absolute Gasteiger partial charge is 0.147 e. The fourth-order valence-electron chi connectivity index (χ4n) is 2.38. The Morgan fingerprint density at radius 2 is 2.00 bits per heavy atom. The summed E-state index contributed by atoms with van der Waals surface area (Å²) in [7, 11) is 0. The van der Waals surface area contributed by atoms with Gasteiger partial charge in [0.05, 0.1) is 10.0 Å². The highest BCUT2D eigenvalue weighted by Crippen LogP contribution is 2.27. The summed E-state index contributed by atoms with van der Waals surface area (Å²) < 4.78 is 0. The van der Waals surface area contributed by atoms with E-state index >= 15 is 0 Å². The third-order valence-corrected chi connectivity index (χ3v) is 4.77. The molecule has 1 saturated heterocycles. The lowest BCUT2D eigenvalue weighted by Crippen LogP contribution is -2.46. The molecule has 2 aromatic heterocycles. The van der Waals surface area contributed by atoms with Crippen LogP contribution in [0.4, 0.5) is 5.82 Å². The van der Waals surface area contributed by atoms with Gasteiger partial charge in [-0.25, -0.2) is 4.98 Å². The lowest BCUT2D eigenvalue weighted by Gasteiger charge is -2.35. The minimum absolute atomic E-state index is 0.579. The minimum Gasteiger partial charge on any atom is -0.353 e. The molecule has 3 heterocycles. The fourth-order valence-corrected chi connectivity index (χ4v) is 3.63. The Labute approximate surface area is 132 Å². The summed E-state index contributed by atoms with van der Waals surface area (Å²) in [6.45, 7) is 4.98. The van der Waals surface area contributed by atoms with E-state index in [4.69, 9.17) is 23.2 Å². The molecule has 0 unspecified atom stereocenters. The molecule has 20 heavy (non-hydrogen) atoms. The molecule has 0 spiro atoms. The maximum absolute atomic E-state index is 6.21. The number of pyridine rings is 1. The van der Waals surface area contributed by atoms with Crippen LogP contribution in [0.2, 0.25) is 10.0 Å². The van der Waals surface area contributed by atoms with Crippen molar-refractivity contribution < 1.29 is 0 Å². The molecule has 0 saturated carbocycles. The number of hydrogen-bond acceptors (Lipinski definition) is 4. The van der Waals surface area contributed by atoms with Gasteiger partial charge in [0, 0.05) is 43.8 Å². The second-order valence-corrected chi connectivity index (χ2v) is 6.68. The molecular formula is C14H15Cl2N3S. The standard InChI is InChI=1S/C14H15Cl2N3S/c15-11-8-13(16)14(17-9-11)19-5-3-18(4-6-19)10-12-2-1-7-20-12/h1-2,7-9H,3-6,10H2. The molecule has 0 atom stereocenters. The van der Waals surface area contributed by atoms with Crippen molar-refractivity contribution in [2.24, 2.45) is 0 Å². The van der Waals surface area contributed by atoms with Crippen LogP contribution >= 0.6 is 34.5 Å². The van der Waals surface area contributed by atoms with Gasteiger partial charge >= 0.3 is 0 Å². The maximum Gasteiger partial charge on any atom is 0.147 e. The topological polar surface area (TPSA) is 19.4 Å². The first-order valence-electron chi connectivity index (χ1n) is 6.53. The minimum atomic E-state index is 0.579. The van der Waals surface area contributed by atoms with E-state index in [9.17, 15) is 0 Å². The molecule has 0 N–H and O–H groups in total. The fraction of sp³-hybridized carbons (Fsp3) is 0.357. The van der Waals surface area contributed by atoms with Crippen LogP contribution in [-0.4, -0.2) is 36.1 Å². The number of aromatic nitrogens is 1. The molecule has 1 aliphatic rings. The molecular weight excluding hydrogens is 313 g/mol. The summed E-state index contributed by atoms with van der Waals surface area (Å²) in [6.07, 6.45) is 1.65. The normalized spacial score (nSPS) is 16.6. The van der Waals surface area contributed by atoms with Gasteiger partial charge in [0.1, 0.15) is 5.82 Å². The van der Waals surface area contributed by atoms with E-state index in [0.717, 1.165) is 38.5 Å². The van der Waals surface area contributed by atoms with Crippen molar-refractivity contribution in [3.05, 3.63) is 44.7 Å². The van der Waals surface area contributed by atoms with Gasteiger partial charge in [-0.15, -0.1) is 11.3 Å². The molecule has 0 aliphatic carbocycles. The molecule has 0 bridgehead atoms. The summed E-state index contributed by atoms with van der Waals surface area (Å²) in [6, 6.07) is 6.05. The first-order valence-corrected chi connectivity index (χ1v) is 8.16. The van der Waals surface area contributed by atoms with E-state index in [-0.39, 0.29) is 0 Å². The molecule has 1 aliphatic heterocycles. The maximum atomic E-state index is 6.21. The molecule has 6 heteroatoms. The molecule has 0 aromatic carbocycles. The van der Waals surface area contributed by atoms with Crippen molar-refractivity contribution in [2.75, 3.05) is 31.1 Å². The van der Waals surface area contributed by atoms with Crippen LogP contribution in [0.5, 0.6) is 0 Å². The lowest BCUT2D eigenvalue weighted by molar-refractivity contribution is 0.251. The van der Waals surface area contributed by atoms with Crippen LogP contribution in [0.3, 0.4) is 0 Å². The Hall–Kier alpha value is -0.810. The predicted molar refractivity (Wildman–Crippen MR) is 86.1 cm³/mol. The van der Waals surface area contributed by atoms with Gasteiger partial charge in [-0.3, -0.25) is 4.90 Å². The van der Waals surface area contributed by atoms with Crippen molar-refractivity contribution in [1.29, 1.82) is 0 Å². The third kappa shape index (κ3) is 3.26. The van der Waals surface area contributed by atoms with Crippen LogP contribution in [0, 0.1) is 0 Å². The van der Waals surface area contributed by atoms with Gasteiger partial charge in [0.2, 0.25) is 0 Å². The highest BCUT2D eigenvalue weighted by atomic mass is 35.5. The van der Waals surface area contributed by atoms with Crippen molar-refractivity contribution in [3.63, 3.8) is 0 Å². The predicted octanol–water partition coefficient (Wildman–Crippen LogP) is 3.77. The van der Waals surface area contributed by atoms with Crippen LogP contribution in [-0.2, 0) is 6.54 Å². The summed E-state index contributed by atoms with van der Waals surface area (Å²) >= 11 is 13.9. The summed E-state index contributed by atoms with van der Waals surface area (Å²) in [5.41, 5.74) is 0. The molecule has 3 rings (SSSR count). The third-order valence-electron chi connectivity index (χ3n) is 3.42. The largest absolute Gasteiger partial charge is 0.353 e. The van der Waals surface area contributed by atoms with E-state index < -0.39 is 0 Å². The summed E-state index contributed by atoms with van der Waals surface area (Å²) in [5.74, 6) is 0.840. The Balaban J connectivity index is 1.60. The SMILES string of the molecule is Clc1cnc(N2CCN(Cc3cccs3)CC2)c(Cl)c1. The number of hydrogen-bond donors (Lipinski definition) is 0. The number of rotatable bonds is 3. The summed E-state index contributed by atoms with van der Waals surface area (Å²) in [4.78, 5) is 10.5. The number of halogens is 2. The second kappa shape index (κ2) is 6.31. The molecule has 0 amide bonds. The Bertz CT molecular complexity index is 566. The van der Waals surface area contributed by atoms with Gasteiger partial charge in [-0.2, -0.15) is 0 Å². The van der Waals surface area contributed by atoms with E-state index in [1.165, 1.54) is 4.88 Å². The Morgan fingerprint density at radius 3 is 2.65 bits per heavy atom. The van der Waals surface area contributed by atoms with Crippen LogP contribution in [0.15, 0.2) is 29.8 Å². The van der Waals surface area contributed by atoms with E-state index in [1.807, 2.05) is 11.3 Å². The van der Waals surface area contributed by atoms with Gasteiger partial charge in [0.25, 0.3) is 0 Å². The highest BCUT2D eigenvalue weighted by molar-refractivity contribution is 7.09. The quantitative estimate of drug-likeness (QED) is 0.855. The Morgan fingerprint density at radius 1 is 1.20 bits per heavy atom. The van der Waals surface area contributed by atoms with Crippen molar-refractivity contribution in [2.45, 2.75) is 6.54 Å². The summed E-state index contributed by atoms with van der Waals surface area (Å²) in [5, 5.41) is 3.34. The van der Waals surface area contributed by atoms with Gasteiger partial charge in [0.15, 0.2) is 0 Å². The zero-order valence-electron chi connectivity index (χ0n) is 10.9. The lowest BCUT2D eigenvalue weighted by atomic mass is 10.3. The van der Waals surface area contributed by atoms with E-state index in [1.54, 1.807) is 12.3 Å². The molecule has 1 fully saturated rings. The van der Waals surface area contributed by atoms with Crippen molar-refractivity contribution >= 4 is 40.4 Å². The average molecular weight is 328 g/mol. The van der Waals surface area contributed by atoms with Crippen molar-refractivity contribution in [3.8, 4) is 0 Å². The van der Waals surface area contributed by atoms with Crippen LogP contribution in [0.25, 0.3) is 0 Å². The monoisotopic (exact) mass is 327 g/mol. The van der Waals surface area contributed by atoms with E-state index in [2.05, 4.69) is 32.3 Å². The molecule has 0 radical (unpaired) electrons. The number of piperazine rings is 1. The first-order chi connectivity index (χ1) is 9.72. The number of anilines is 1. The van der Waals surface area contributed by atoms with Gasteiger partial charge in [-0.05, 0) is 17.5 Å². The first kappa shape index (κ1) is 14.1. The van der Waals surface area contributed by atoms with Crippen LogP contribution < -0.4 is 4.90 Å². The zero-order chi connectivity index (χ0) is 13.9. The average Bonchev–Trinajstić information content (AvgIpc) is 2.93. The van der Waals surface area contributed by atoms with Crippen LogP contribution in [0.1, 0.15) is 4.88 Å². The molecule has 106 valence electrons. The number of thiophene rings is 1. The van der Waals surface area contributed by atoms with Gasteiger partial charge in [-0.1, -0.05) is 29.3 Å². The highest BCUT2D eigenvalue weighted by Gasteiger charge is 2.20.